The zero-order chi connectivity index (χ0) is 23.2. The van der Waals surface area contributed by atoms with E-state index in [1.54, 1.807) is 13.0 Å². The van der Waals surface area contributed by atoms with E-state index in [0.29, 0.717) is 0 Å². The van der Waals surface area contributed by atoms with Gasteiger partial charge in [-0.1, -0.05) is 18.2 Å². The number of rotatable bonds is 8. The highest BCUT2D eigenvalue weighted by Gasteiger charge is 2.39. The number of carbonyl (C=O) groups is 1. The predicted octanol–water partition coefficient (Wildman–Crippen LogP) is 4.33. The minimum Gasteiger partial charge on any atom is -0.466 e. The first-order chi connectivity index (χ1) is 14.4. The minimum absolute atomic E-state index is 0.130. The van der Waals surface area contributed by atoms with E-state index in [4.69, 9.17) is 4.74 Å². The van der Waals surface area contributed by atoms with E-state index < -0.39 is 42.8 Å². The van der Waals surface area contributed by atoms with Crippen LogP contribution >= 0.6 is 0 Å². The number of aliphatic hydroxyl groups excluding tert-OH is 1. The lowest BCUT2D eigenvalue weighted by atomic mass is 9.98. The maximum Gasteiger partial charge on any atom is 0.573 e. The average Bonchev–Trinajstić information content (AvgIpc) is 2.66. The van der Waals surface area contributed by atoms with Gasteiger partial charge in [0.15, 0.2) is 6.10 Å². The third-order valence-electron chi connectivity index (χ3n) is 4.28. The lowest BCUT2D eigenvalue weighted by molar-refractivity contribution is -0.274. The van der Waals surface area contributed by atoms with Crippen molar-refractivity contribution in [3.05, 3.63) is 53.8 Å². The van der Waals surface area contributed by atoms with E-state index in [1.807, 2.05) is 0 Å². The lowest BCUT2D eigenvalue weighted by Crippen LogP contribution is -2.40. The van der Waals surface area contributed by atoms with E-state index in [1.165, 1.54) is 24.3 Å². The molecule has 172 valence electrons. The molecule has 1 aliphatic carbocycles. The van der Waals surface area contributed by atoms with Crippen LogP contribution in [0, 0.1) is 5.92 Å². The zero-order valence-corrected chi connectivity index (χ0v) is 16.4. The Labute approximate surface area is 174 Å². The highest BCUT2D eigenvalue weighted by atomic mass is 19.4. The van der Waals surface area contributed by atoms with Crippen LogP contribution in [0.3, 0.4) is 0 Å². The van der Waals surface area contributed by atoms with E-state index >= 15 is 0 Å². The van der Waals surface area contributed by atoms with E-state index in [0.717, 1.165) is 17.0 Å². The van der Waals surface area contributed by atoms with Gasteiger partial charge in [0.1, 0.15) is 5.75 Å². The Morgan fingerprint density at radius 2 is 1.97 bits per heavy atom. The molecule has 5 nitrogen and oxygen atoms in total. The Hall–Kier alpha value is -2.69. The Morgan fingerprint density at radius 1 is 1.26 bits per heavy atom. The molecule has 0 radical (unpaired) electrons. The smallest absolute Gasteiger partial charge is 0.466 e. The maximum atomic E-state index is 12.9. The second-order valence-corrected chi connectivity index (χ2v) is 6.72. The minimum atomic E-state index is -4.92. The molecule has 0 fully saturated rings. The number of carbonyl (C=O) groups excluding carboxylic acids is 1. The average molecular weight is 453 g/mol. The van der Waals surface area contributed by atoms with Crippen LogP contribution in [0.25, 0.3) is 0 Å². The fourth-order valence-electron chi connectivity index (χ4n) is 2.92. The van der Waals surface area contributed by atoms with Crippen molar-refractivity contribution >= 4 is 5.97 Å². The predicted molar refractivity (Wildman–Crippen MR) is 97.6 cm³/mol. The van der Waals surface area contributed by atoms with Crippen molar-refractivity contribution in [3.8, 4) is 5.75 Å². The third-order valence-corrected chi connectivity index (χ3v) is 4.28. The van der Waals surface area contributed by atoms with Gasteiger partial charge in [0, 0.05) is 12.2 Å². The van der Waals surface area contributed by atoms with Gasteiger partial charge in [-0.2, -0.15) is 13.2 Å². The molecule has 0 aliphatic heterocycles. The monoisotopic (exact) mass is 453 g/mol. The molecule has 31 heavy (non-hydrogen) atoms. The second-order valence-electron chi connectivity index (χ2n) is 6.72. The molecule has 0 saturated heterocycles. The Kier molecular flexibility index (Phi) is 7.99. The van der Waals surface area contributed by atoms with Crippen molar-refractivity contribution in [2.24, 2.45) is 5.92 Å². The number of halogens is 6. The molecule has 0 spiro atoms. The van der Waals surface area contributed by atoms with E-state index in [2.05, 4.69) is 4.74 Å². The Morgan fingerprint density at radius 3 is 2.58 bits per heavy atom. The van der Waals surface area contributed by atoms with Crippen LogP contribution < -0.4 is 4.74 Å². The van der Waals surface area contributed by atoms with Crippen LogP contribution in [-0.4, -0.2) is 47.8 Å². The molecule has 0 heterocycles. The van der Waals surface area contributed by atoms with Gasteiger partial charge < -0.3 is 19.5 Å². The first-order valence-corrected chi connectivity index (χ1v) is 9.28. The molecule has 11 heteroatoms. The standard InChI is InChI=1S/C20H21F6NO4/c1-2-30-18(29)14-6-4-7-15(10-14)27(12-17(28)19(21,22)23)11-13-5-3-8-16(9-13)31-20(24,25)26/h3-5,7-10,14,17,28H,2,6,11-12H2,1H3. The first kappa shape index (κ1) is 24.6. The molecule has 2 atom stereocenters. The topological polar surface area (TPSA) is 59.0 Å². The first-order valence-electron chi connectivity index (χ1n) is 9.28. The fourth-order valence-corrected chi connectivity index (χ4v) is 2.92. The molecule has 2 unspecified atom stereocenters. The summed E-state index contributed by atoms with van der Waals surface area (Å²) < 4.78 is 85.0. The van der Waals surface area contributed by atoms with Crippen LogP contribution in [-0.2, 0) is 16.1 Å². The van der Waals surface area contributed by atoms with Gasteiger partial charge in [-0.3, -0.25) is 4.79 Å². The largest absolute Gasteiger partial charge is 0.573 e. The molecule has 1 aromatic rings. The van der Waals surface area contributed by atoms with Crippen molar-refractivity contribution in [2.75, 3.05) is 13.2 Å². The van der Waals surface area contributed by atoms with Gasteiger partial charge in [0.05, 0.1) is 19.1 Å². The number of hydrogen-bond acceptors (Lipinski definition) is 5. The summed E-state index contributed by atoms with van der Waals surface area (Å²) >= 11 is 0. The number of nitrogens with zero attached hydrogens (tertiary/aromatic N) is 1. The number of aliphatic hydroxyl groups is 1. The summed E-state index contributed by atoms with van der Waals surface area (Å²) in [6.45, 7) is 0.585. The van der Waals surface area contributed by atoms with Crippen LogP contribution in [0.4, 0.5) is 26.3 Å². The Bertz CT molecular complexity index is 819. The second kappa shape index (κ2) is 10.1. The van der Waals surface area contributed by atoms with Crippen molar-refractivity contribution in [2.45, 2.75) is 38.5 Å². The number of allylic oxidation sites excluding steroid dienone is 2. The SMILES string of the molecule is CCOC(=O)C1C=C(N(Cc2cccc(OC(F)(F)F)c2)CC(O)C(F)(F)F)C=CC1. The van der Waals surface area contributed by atoms with Crippen molar-refractivity contribution in [3.63, 3.8) is 0 Å². The summed E-state index contributed by atoms with van der Waals surface area (Å²) in [7, 11) is 0. The molecule has 2 rings (SSSR count). The van der Waals surface area contributed by atoms with Gasteiger partial charge in [0.25, 0.3) is 0 Å². The fraction of sp³-hybridized carbons (Fsp3) is 0.450. The molecule has 0 aromatic heterocycles. The number of alkyl halides is 6. The molecular formula is C20H21F6NO4. The van der Waals surface area contributed by atoms with Crippen LogP contribution in [0.1, 0.15) is 18.9 Å². The molecule has 0 amide bonds. The van der Waals surface area contributed by atoms with Gasteiger partial charge >= 0.3 is 18.5 Å². The lowest BCUT2D eigenvalue weighted by Gasteiger charge is -2.31. The summed E-state index contributed by atoms with van der Waals surface area (Å²) in [5, 5.41) is 9.55. The number of esters is 1. The third kappa shape index (κ3) is 7.82. The van der Waals surface area contributed by atoms with Gasteiger partial charge in [-0.05, 0) is 43.2 Å². The van der Waals surface area contributed by atoms with Gasteiger partial charge in [-0.15, -0.1) is 13.2 Å². The molecule has 0 saturated carbocycles. The summed E-state index contributed by atoms with van der Waals surface area (Å²) in [6, 6.07) is 4.77. The maximum absolute atomic E-state index is 12.9. The van der Waals surface area contributed by atoms with Crippen molar-refractivity contribution in [1.82, 2.24) is 4.90 Å². The molecular weight excluding hydrogens is 432 g/mol. The van der Waals surface area contributed by atoms with Crippen LogP contribution in [0.2, 0.25) is 0 Å². The highest BCUT2D eigenvalue weighted by molar-refractivity contribution is 5.75. The summed E-state index contributed by atoms with van der Waals surface area (Å²) in [4.78, 5) is 13.1. The Balaban J connectivity index is 2.30. The summed E-state index contributed by atoms with van der Waals surface area (Å²) in [5.41, 5.74) is 0.415. The molecule has 1 N–H and O–H groups in total. The van der Waals surface area contributed by atoms with Crippen LogP contribution in [0.5, 0.6) is 5.75 Å². The molecule has 1 aromatic carbocycles. The van der Waals surface area contributed by atoms with Crippen molar-refractivity contribution < 1.29 is 45.7 Å². The summed E-state index contributed by atoms with van der Waals surface area (Å²) in [6.07, 6.45) is -7.78. The molecule has 1 aliphatic rings. The number of ether oxygens (including phenoxy) is 2. The number of benzene rings is 1. The highest BCUT2D eigenvalue weighted by Crippen LogP contribution is 2.28. The summed E-state index contributed by atoms with van der Waals surface area (Å²) in [5.74, 6) is -1.81. The van der Waals surface area contributed by atoms with E-state index in [-0.39, 0.29) is 30.8 Å². The van der Waals surface area contributed by atoms with Gasteiger partial charge in [0.2, 0.25) is 0 Å². The zero-order valence-electron chi connectivity index (χ0n) is 16.4. The van der Waals surface area contributed by atoms with Crippen LogP contribution in [0.15, 0.2) is 48.2 Å². The van der Waals surface area contributed by atoms with Gasteiger partial charge in [-0.25, -0.2) is 0 Å². The molecule has 0 bridgehead atoms. The number of hydrogen-bond donors (Lipinski definition) is 1. The normalized spacial score (nSPS) is 17.7. The van der Waals surface area contributed by atoms with E-state index in [9.17, 15) is 36.2 Å². The quantitative estimate of drug-likeness (QED) is 0.469. The van der Waals surface area contributed by atoms with Crippen molar-refractivity contribution in [1.29, 1.82) is 0 Å².